The molecule has 0 saturated carbocycles. The third-order valence-corrected chi connectivity index (χ3v) is 5.53. The van der Waals surface area contributed by atoms with Crippen LogP contribution in [0, 0.1) is 5.41 Å². The Labute approximate surface area is 191 Å². The summed E-state index contributed by atoms with van der Waals surface area (Å²) in [6.45, 7) is 9.78. The number of hydrogen-bond acceptors (Lipinski definition) is 3. The minimum Gasteiger partial charge on any atom is -0.352 e. The number of fused-ring (bicyclic) bond motifs is 1. The number of carbonyl (C=O) groups excluding carboxylic acids is 2. The van der Waals surface area contributed by atoms with Crippen LogP contribution in [-0.2, 0) is 11.3 Å². The second-order valence-electron chi connectivity index (χ2n) is 8.73. The molecular weight excluding hydrogens is 435 g/mol. The highest BCUT2D eigenvalue weighted by Crippen LogP contribution is 2.31. The van der Waals surface area contributed by atoms with Gasteiger partial charge < -0.3 is 10.6 Å². The van der Waals surface area contributed by atoms with E-state index in [1.165, 1.54) is 0 Å². The van der Waals surface area contributed by atoms with E-state index in [2.05, 4.69) is 15.7 Å². The summed E-state index contributed by atoms with van der Waals surface area (Å²) in [4.78, 5) is 25.2. The molecule has 164 valence electrons. The van der Waals surface area contributed by atoms with E-state index in [4.69, 9.17) is 23.2 Å². The minimum absolute atomic E-state index is 0.0955. The van der Waals surface area contributed by atoms with E-state index in [-0.39, 0.29) is 24.4 Å². The van der Waals surface area contributed by atoms with Gasteiger partial charge in [-0.25, -0.2) is 0 Å². The molecule has 31 heavy (non-hydrogen) atoms. The molecule has 2 N–H and O–H groups in total. The lowest BCUT2D eigenvalue weighted by atomic mass is 9.95. The number of aromatic nitrogens is 2. The van der Waals surface area contributed by atoms with Gasteiger partial charge in [0.25, 0.3) is 5.91 Å². The van der Waals surface area contributed by atoms with Crippen LogP contribution < -0.4 is 10.6 Å². The molecule has 0 aliphatic rings. The van der Waals surface area contributed by atoms with E-state index >= 15 is 0 Å². The largest absolute Gasteiger partial charge is 0.352 e. The Morgan fingerprint density at radius 1 is 1.16 bits per heavy atom. The monoisotopic (exact) mass is 460 g/mol. The lowest BCUT2D eigenvalue weighted by Gasteiger charge is -2.18. The number of amides is 2. The lowest BCUT2D eigenvalue weighted by Crippen LogP contribution is -2.34. The minimum atomic E-state index is -0.514. The summed E-state index contributed by atoms with van der Waals surface area (Å²) in [5, 5.41) is 11.7. The quantitative estimate of drug-likeness (QED) is 0.501. The molecule has 1 heterocycles. The Morgan fingerprint density at radius 2 is 1.87 bits per heavy atom. The van der Waals surface area contributed by atoms with Crippen molar-refractivity contribution < 1.29 is 9.59 Å². The molecule has 2 amide bonds. The van der Waals surface area contributed by atoms with Gasteiger partial charge in [-0.15, -0.1) is 0 Å². The molecule has 1 aromatic heterocycles. The van der Waals surface area contributed by atoms with Gasteiger partial charge in [-0.3, -0.25) is 14.3 Å². The number of benzene rings is 2. The van der Waals surface area contributed by atoms with Crippen LogP contribution in [0.25, 0.3) is 10.9 Å². The maximum absolute atomic E-state index is 13.0. The number of hydrogen-bond donors (Lipinski definition) is 2. The third-order valence-electron chi connectivity index (χ3n) is 4.86. The van der Waals surface area contributed by atoms with Crippen molar-refractivity contribution in [2.45, 2.75) is 47.2 Å². The zero-order chi connectivity index (χ0) is 22.9. The van der Waals surface area contributed by atoms with E-state index in [1.54, 1.807) is 30.5 Å². The molecule has 3 aromatic rings. The maximum Gasteiger partial charge on any atom is 0.257 e. The highest BCUT2D eigenvalue weighted by Gasteiger charge is 2.22. The summed E-state index contributed by atoms with van der Waals surface area (Å²) < 4.78 is 1.85. The molecule has 0 unspecified atom stereocenters. The van der Waals surface area contributed by atoms with E-state index in [1.807, 2.05) is 45.4 Å². The van der Waals surface area contributed by atoms with Gasteiger partial charge in [0, 0.05) is 28.4 Å². The van der Waals surface area contributed by atoms with Gasteiger partial charge in [-0.1, -0.05) is 56.1 Å². The molecule has 0 saturated heterocycles. The predicted molar refractivity (Wildman–Crippen MR) is 126 cm³/mol. The van der Waals surface area contributed by atoms with Crippen molar-refractivity contribution in [3.63, 3.8) is 0 Å². The van der Waals surface area contributed by atoms with Gasteiger partial charge in [0.1, 0.15) is 0 Å². The molecular formula is C23H26Cl2N4O2. The summed E-state index contributed by atoms with van der Waals surface area (Å²) in [7, 11) is 0. The Balaban J connectivity index is 1.87. The van der Waals surface area contributed by atoms with Crippen LogP contribution in [0.3, 0.4) is 0 Å². The number of carbonyl (C=O) groups is 2. The molecule has 0 spiro atoms. The van der Waals surface area contributed by atoms with Crippen LogP contribution in [0.5, 0.6) is 0 Å². The van der Waals surface area contributed by atoms with Gasteiger partial charge >= 0.3 is 0 Å². The molecule has 0 fully saturated rings. The smallest absolute Gasteiger partial charge is 0.257 e. The van der Waals surface area contributed by atoms with Crippen LogP contribution in [-0.4, -0.2) is 21.6 Å². The zero-order valence-electron chi connectivity index (χ0n) is 18.2. The van der Waals surface area contributed by atoms with Crippen molar-refractivity contribution in [3.05, 3.63) is 57.7 Å². The fraction of sp³-hybridized carbons (Fsp3) is 0.348. The summed E-state index contributed by atoms with van der Waals surface area (Å²) in [5.41, 5.74) is 1.86. The third kappa shape index (κ3) is 5.02. The lowest BCUT2D eigenvalue weighted by molar-refractivity contribution is -0.128. The molecule has 0 bridgehead atoms. The van der Waals surface area contributed by atoms with Gasteiger partial charge in [-0.05, 0) is 37.6 Å². The first-order chi connectivity index (χ1) is 14.5. The fourth-order valence-corrected chi connectivity index (χ4v) is 3.64. The summed E-state index contributed by atoms with van der Waals surface area (Å²) in [6.07, 6.45) is 1.71. The molecule has 6 nitrogen and oxygen atoms in total. The van der Waals surface area contributed by atoms with Crippen molar-refractivity contribution >= 4 is 51.6 Å². The number of halogens is 2. The number of anilines is 1. The second-order valence-corrected chi connectivity index (χ2v) is 9.55. The second kappa shape index (κ2) is 8.89. The van der Waals surface area contributed by atoms with Crippen molar-refractivity contribution in [3.8, 4) is 0 Å². The Morgan fingerprint density at radius 3 is 2.52 bits per heavy atom. The van der Waals surface area contributed by atoms with E-state index in [0.717, 1.165) is 10.9 Å². The first-order valence-electron chi connectivity index (χ1n) is 10.0. The van der Waals surface area contributed by atoms with Crippen LogP contribution in [0.2, 0.25) is 10.0 Å². The first-order valence-corrected chi connectivity index (χ1v) is 10.8. The zero-order valence-corrected chi connectivity index (χ0v) is 19.7. The molecule has 8 heteroatoms. The van der Waals surface area contributed by atoms with Crippen LogP contribution in [0.4, 0.5) is 5.69 Å². The van der Waals surface area contributed by atoms with Gasteiger partial charge in [-0.2, -0.15) is 5.10 Å². The molecule has 0 aliphatic heterocycles. The number of nitrogens with one attached hydrogen (secondary N) is 2. The Bertz CT molecular complexity index is 1150. The number of nitrogens with zero attached hydrogens (tertiary/aromatic N) is 2. The van der Waals surface area contributed by atoms with Crippen LogP contribution in [0.15, 0.2) is 36.5 Å². The highest BCUT2D eigenvalue weighted by molar-refractivity contribution is 6.35. The van der Waals surface area contributed by atoms with Crippen LogP contribution >= 0.6 is 23.2 Å². The van der Waals surface area contributed by atoms with Crippen LogP contribution in [0.1, 0.15) is 56.6 Å². The van der Waals surface area contributed by atoms with Gasteiger partial charge in [0.05, 0.1) is 28.0 Å². The summed E-state index contributed by atoms with van der Waals surface area (Å²) in [6, 6.07) is 8.83. The summed E-state index contributed by atoms with van der Waals surface area (Å²) in [5.74, 6) is -0.461. The van der Waals surface area contributed by atoms with E-state index in [9.17, 15) is 9.59 Å². The first kappa shape index (κ1) is 23.1. The topological polar surface area (TPSA) is 76.0 Å². The van der Waals surface area contributed by atoms with E-state index < -0.39 is 5.41 Å². The molecule has 0 aliphatic carbocycles. The average Bonchev–Trinajstić information content (AvgIpc) is 3.10. The Kier molecular flexibility index (Phi) is 6.62. The SMILES string of the molecule is CC(C)n1ncc2c(NC(=O)c3cccc(CNC(=O)C(C)(C)C)c3Cl)cc(Cl)cc21. The van der Waals surface area contributed by atoms with Crippen molar-refractivity contribution in [2.75, 3.05) is 5.32 Å². The Hall–Kier alpha value is -2.57. The molecule has 3 rings (SSSR count). The molecule has 0 atom stereocenters. The normalized spacial score (nSPS) is 11.7. The van der Waals surface area contributed by atoms with Crippen molar-refractivity contribution in [1.82, 2.24) is 15.1 Å². The highest BCUT2D eigenvalue weighted by atomic mass is 35.5. The maximum atomic E-state index is 13.0. The van der Waals surface area contributed by atoms with Gasteiger partial charge in [0.2, 0.25) is 5.91 Å². The molecule has 2 aromatic carbocycles. The number of rotatable bonds is 5. The fourth-order valence-electron chi connectivity index (χ4n) is 3.15. The van der Waals surface area contributed by atoms with Gasteiger partial charge in [0.15, 0.2) is 0 Å². The summed E-state index contributed by atoms with van der Waals surface area (Å²) >= 11 is 12.8. The average molecular weight is 461 g/mol. The van der Waals surface area contributed by atoms with E-state index in [0.29, 0.717) is 26.9 Å². The van der Waals surface area contributed by atoms with Crippen molar-refractivity contribution in [2.24, 2.45) is 5.41 Å². The predicted octanol–water partition coefficient (Wildman–Crippen LogP) is 5.84. The van der Waals surface area contributed by atoms with Crippen molar-refractivity contribution in [1.29, 1.82) is 0 Å². The standard InChI is InChI=1S/C23H26Cl2N4O2/c1-13(2)29-19-10-15(24)9-18(17(19)12-27-29)28-21(30)16-8-6-7-14(20(16)25)11-26-22(31)23(3,4)5/h6-10,12-13H,11H2,1-5H3,(H,26,31)(H,28,30). The molecule has 0 radical (unpaired) electrons.